The smallest absolute Gasteiger partial charge is 0.258 e. The van der Waals surface area contributed by atoms with Crippen molar-refractivity contribution in [3.8, 4) is 28.4 Å². The predicted octanol–water partition coefficient (Wildman–Crippen LogP) is 4.76. The standard InChI is InChI=1S/C36H40ClFN4O7/c1-22-7-9-28(38)32(33(22)37)36(46)41-12-4-5-15-48-30-19-25(27-18-24(8-10-29(27)47-3)35(45)39-11-6-13-41)17-26-21-42(14-16-49-34(26)30)31(44)20-40-23(2)43/h7-10,17-19H,4-6,11-16,20-21H2,1-3H3,(H,39,45)(H,40,43). The number of halogens is 2. The van der Waals surface area contributed by atoms with E-state index in [4.69, 9.17) is 25.8 Å². The molecule has 2 aliphatic rings. The van der Waals surface area contributed by atoms with Crippen LogP contribution in [-0.4, -0.2) is 86.5 Å². The maximum absolute atomic E-state index is 14.8. The summed E-state index contributed by atoms with van der Waals surface area (Å²) >= 11 is 6.39. The second-order valence-electron chi connectivity index (χ2n) is 12.0. The molecule has 0 atom stereocenters. The Morgan fingerprint density at radius 3 is 2.55 bits per heavy atom. The first-order valence-corrected chi connectivity index (χ1v) is 16.6. The molecule has 2 aliphatic heterocycles. The molecule has 4 bridgehead atoms. The molecule has 0 saturated carbocycles. The number of fused-ring (bicyclic) bond motifs is 7. The van der Waals surface area contributed by atoms with E-state index in [1.54, 1.807) is 42.0 Å². The highest BCUT2D eigenvalue weighted by Gasteiger charge is 2.26. The first-order chi connectivity index (χ1) is 23.6. The van der Waals surface area contributed by atoms with Crippen molar-refractivity contribution in [1.29, 1.82) is 0 Å². The molecular weight excluding hydrogens is 655 g/mol. The van der Waals surface area contributed by atoms with Gasteiger partial charge in [-0.25, -0.2) is 4.39 Å². The quantitative estimate of drug-likeness (QED) is 0.404. The van der Waals surface area contributed by atoms with E-state index in [0.29, 0.717) is 77.4 Å². The molecule has 13 heteroatoms. The molecule has 260 valence electrons. The number of hydrogen-bond acceptors (Lipinski definition) is 7. The second kappa shape index (κ2) is 16.0. The first kappa shape index (κ1) is 35.5. The SMILES string of the molecule is COc1ccc2cc1-c1cc3c(c(c1)OCCCCN(C(=O)c1c(F)ccc(C)c1Cl)CCCNC2=O)OCCN(C(=O)CNC(C)=O)C3. The number of ether oxygens (including phenoxy) is 3. The Morgan fingerprint density at radius 1 is 0.980 bits per heavy atom. The number of amides is 4. The van der Waals surface area contributed by atoms with Gasteiger partial charge in [0.2, 0.25) is 11.8 Å². The largest absolute Gasteiger partial charge is 0.496 e. The van der Waals surface area contributed by atoms with E-state index in [1.165, 1.54) is 19.1 Å². The van der Waals surface area contributed by atoms with Crippen molar-refractivity contribution in [2.45, 2.75) is 39.7 Å². The van der Waals surface area contributed by atoms with Gasteiger partial charge in [0.15, 0.2) is 11.5 Å². The topological polar surface area (TPSA) is 127 Å². The minimum atomic E-state index is -0.688. The zero-order valence-electron chi connectivity index (χ0n) is 27.8. The minimum Gasteiger partial charge on any atom is -0.496 e. The van der Waals surface area contributed by atoms with Crippen molar-refractivity contribution >= 4 is 35.2 Å². The van der Waals surface area contributed by atoms with E-state index >= 15 is 0 Å². The molecule has 0 unspecified atom stereocenters. The van der Waals surface area contributed by atoms with Gasteiger partial charge in [0.1, 0.15) is 18.2 Å². The third kappa shape index (κ3) is 8.43. The summed E-state index contributed by atoms with van der Waals surface area (Å²) in [4.78, 5) is 54.5. The fraction of sp³-hybridized carbons (Fsp3) is 0.389. The highest BCUT2D eigenvalue weighted by Crippen LogP contribution is 2.41. The molecule has 2 N–H and O–H groups in total. The van der Waals surface area contributed by atoms with Gasteiger partial charge in [-0.05, 0) is 73.7 Å². The van der Waals surface area contributed by atoms with Gasteiger partial charge in [0.05, 0.1) is 37.4 Å². The van der Waals surface area contributed by atoms with Gasteiger partial charge in [0, 0.05) is 49.8 Å². The van der Waals surface area contributed by atoms with Crippen LogP contribution in [0.2, 0.25) is 5.02 Å². The minimum absolute atomic E-state index is 0.0799. The Morgan fingerprint density at radius 2 is 1.78 bits per heavy atom. The lowest BCUT2D eigenvalue weighted by molar-refractivity contribution is -0.133. The Balaban J connectivity index is 1.48. The van der Waals surface area contributed by atoms with Gasteiger partial charge in [-0.1, -0.05) is 17.7 Å². The number of carbonyl (C=O) groups is 4. The van der Waals surface area contributed by atoms with Crippen LogP contribution in [0.1, 0.15) is 58.0 Å². The molecule has 3 aromatic carbocycles. The monoisotopic (exact) mass is 694 g/mol. The second-order valence-corrected chi connectivity index (χ2v) is 12.3. The molecular formula is C36H40ClFN4O7. The third-order valence-electron chi connectivity index (χ3n) is 8.47. The maximum atomic E-state index is 14.8. The van der Waals surface area contributed by atoms with Crippen LogP contribution in [0.15, 0.2) is 42.5 Å². The number of benzene rings is 3. The van der Waals surface area contributed by atoms with E-state index in [2.05, 4.69) is 10.6 Å². The van der Waals surface area contributed by atoms with E-state index in [-0.39, 0.29) is 67.7 Å². The van der Waals surface area contributed by atoms with Gasteiger partial charge >= 0.3 is 0 Å². The van der Waals surface area contributed by atoms with Crippen LogP contribution >= 0.6 is 11.6 Å². The summed E-state index contributed by atoms with van der Waals surface area (Å²) in [6.45, 7) is 4.80. The van der Waals surface area contributed by atoms with Crippen LogP contribution in [0, 0.1) is 12.7 Å². The van der Waals surface area contributed by atoms with E-state index < -0.39 is 11.7 Å². The van der Waals surface area contributed by atoms with Crippen LogP contribution in [0.3, 0.4) is 0 Å². The Hall–Kier alpha value is -4.84. The van der Waals surface area contributed by atoms with Gasteiger partial charge in [-0.3, -0.25) is 19.2 Å². The third-order valence-corrected chi connectivity index (χ3v) is 8.96. The van der Waals surface area contributed by atoms with E-state index in [1.807, 2.05) is 12.1 Å². The lowest BCUT2D eigenvalue weighted by atomic mass is 9.98. The molecule has 0 aromatic heterocycles. The molecule has 4 amide bonds. The number of nitrogens with zero attached hydrogens (tertiary/aromatic N) is 2. The van der Waals surface area contributed by atoms with Crippen molar-refractivity contribution in [2.75, 3.05) is 53.0 Å². The Kier molecular flexibility index (Phi) is 11.6. The highest BCUT2D eigenvalue weighted by atomic mass is 35.5. The summed E-state index contributed by atoms with van der Waals surface area (Å²) in [5.74, 6) is -0.605. The molecule has 5 rings (SSSR count). The molecule has 0 saturated heterocycles. The summed E-state index contributed by atoms with van der Waals surface area (Å²) in [6.07, 6.45) is 1.54. The van der Waals surface area contributed by atoms with Gasteiger partial charge in [-0.15, -0.1) is 0 Å². The molecule has 0 radical (unpaired) electrons. The number of methoxy groups -OCH3 is 1. The predicted molar refractivity (Wildman–Crippen MR) is 182 cm³/mol. The molecule has 0 fully saturated rings. The fourth-order valence-corrected chi connectivity index (χ4v) is 6.07. The van der Waals surface area contributed by atoms with Crippen LogP contribution in [-0.2, 0) is 16.1 Å². The highest BCUT2D eigenvalue weighted by molar-refractivity contribution is 6.34. The van der Waals surface area contributed by atoms with Gasteiger partial charge in [-0.2, -0.15) is 0 Å². The molecule has 0 spiro atoms. The van der Waals surface area contributed by atoms with Crippen LogP contribution in [0.5, 0.6) is 17.2 Å². The number of nitrogens with one attached hydrogen (secondary N) is 2. The molecule has 0 aliphatic carbocycles. The van der Waals surface area contributed by atoms with Crippen molar-refractivity contribution in [2.24, 2.45) is 0 Å². The summed E-state index contributed by atoms with van der Waals surface area (Å²) in [5.41, 5.74) is 2.84. The molecule has 49 heavy (non-hydrogen) atoms. The van der Waals surface area contributed by atoms with Crippen molar-refractivity contribution < 1.29 is 37.8 Å². The lowest BCUT2D eigenvalue weighted by Gasteiger charge is -2.24. The normalized spacial score (nSPS) is 15.4. The van der Waals surface area contributed by atoms with Crippen molar-refractivity contribution in [1.82, 2.24) is 20.4 Å². The van der Waals surface area contributed by atoms with E-state index in [9.17, 15) is 23.6 Å². The Labute approximate surface area is 289 Å². The van der Waals surface area contributed by atoms with Gasteiger partial charge < -0.3 is 34.6 Å². The average molecular weight is 695 g/mol. The average Bonchev–Trinajstić information content (AvgIpc) is 3.31. The summed E-state index contributed by atoms with van der Waals surface area (Å²) < 4.78 is 33.0. The summed E-state index contributed by atoms with van der Waals surface area (Å²) in [6, 6.07) is 11.6. The summed E-state index contributed by atoms with van der Waals surface area (Å²) in [7, 11) is 1.54. The first-order valence-electron chi connectivity index (χ1n) is 16.2. The number of carbonyl (C=O) groups excluding carboxylic acids is 4. The number of aryl methyl sites for hydroxylation is 1. The number of rotatable bonds is 4. The zero-order valence-corrected chi connectivity index (χ0v) is 28.6. The van der Waals surface area contributed by atoms with Crippen LogP contribution in [0.25, 0.3) is 11.1 Å². The molecule has 3 aromatic rings. The molecule has 11 nitrogen and oxygen atoms in total. The van der Waals surface area contributed by atoms with E-state index in [0.717, 1.165) is 0 Å². The van der Waals surface area contributed by atoms with Crippen LogP contribution in [0.4, 0.5) is 4.39 Å². The zero-order chi connectivity index (χ0) is 35.1. The van der Waals surface area contributed by atoms with Crippen molar-refractivity contribution in [3.05, 3.63) is 75.6 Å². The van der Waals surface area contributed by atoms with Crippen molar-refractivity contribution in [3.63, 3.8) is 0 Å². The Bertz CT molecular complexity index is 1750. The number of hydrogen-bond donors (Lipinski definition) is 2. The lowest BCUT2D eigenvalue weighted by Crippen LogP contribution is -2.40. The summed E-state index contributed by atoms with van der Waals surface area (Å²) in [5, 5.41) is 5.55. The maximum Gasteiger partial charge on any atom is 0.258 e. The van der Waals surface area contributed by atoms with Crippen LogP contribution < -0.4 is 24.8 Å². The van der Waals surface area contributed by atoms with Gasteiger partial charge in [0.25, 0.3) is 11.8 Å². The fourth-order valence-electron chi connectivity index (χ4n) is 5.83. The molecule has 2 heterocycles.